The highest BCUT2D eigenvalue weighted by atomic mass is 16.4. The van der Waals surface area contributed by atoms with Gasteiger partial charge in [-0.3, -0.25) is 24.5 Å². The van der Waals surface area contributed by atoms with Crippen LogP contribution in [0.5, 0.6) is 0 Å². The summed E-state index contributed by atoms with van der Waals surface area (Å²) >= 11 is 0. The van der Waals surface area contributed by atoms with Gasteiger partial charge in [0, 0.05) is 26.2 Å². The Hall–Kier alpha value is -2.20. The molecule has 10 nitrogen and oxygen atoms in total. The number of hydrogen-bond donors (Lipinski definition) is 2. The SMILES string of the molecule is CCN(CC)CCN1CC(=O)N2CCCCN2C(=O)C1.O=C(O)C(=O)O. The van der Waals surface area contributed by atoms with Crippen molar-refractivity contribution >= 4 is 23.8 Å². The molecule has 2 heterocycles. The molecule has 2 rings (SSSR count). The van der Waals surface area contributed by atoms with Gasteiger partial charge in [-0.1, -0.05) is 13.8 Å². The maximum atomic E-state index is 12.3. The van der Waals surface area contributed by atoms with E-state index in [2.05, 4.69) is 18.7 Å². The number of carboxylic acids is 2. The van der Waals surface area contributed by atoms with E-state index in [9.17, 15) is 9.59 Å². The lowest BCUT2D eigenvalue weighted by Crippen LogP contribution is -2.52. The normalized spacial score (nSPS) is 18.1. The third-order valence-corrected chi connectivity index (χ3v) is 4.38. The first-order valence-electron chi connectivity index (χ1n) is 8.81. The van der Waals surface area contributed by atoms with Gasteiger partial charge in [0.2, 0.25) is 0 Å². The molecule has 0 aliphatic carbocycles. The molecule has 0 unspecified atom stereocenters. The molecule has 0 atom stereocenters. The third-order valence-electron chi connectivity index (χ3n) is 4.38. The number of nitrogens with zero attached hydrogens (tertiary/aromatic N) is 4. The minimum Gasteiger partial charge on any atom is -0.473 e. The molecular formula is C16H28N4O6. The second kappa shape index (κ2) is 10.7. The van der Waals surface area contributed by atoms with Gasteiger partial charge >= 0.3 is 11.9 Å². The Kier molecular flexibility index (Phi) is 9.00. The molecule has 2 aliphatic rings. The van der Waals surface area contributed by atoms with Crippen LogP contribution in [0.1, 0.15) is 26.7 Å². The minimum atomic E-state index is -1.82. The van der Waals surface area contributed by atoms with Crippen LogP contribution >= 0.6 is 0 Å². The molecule has 0 aromatic rings. The van der Waals surface area contributed by atoms with Crippen LogP contribution in [0.15, 0.2) is 0 Å². The summed E-state index contributed by atoms with van der Waals surface area (Å²) in [5.74, 6) is -3.52. The number of carbonyl (C=O) groups is 4. The first kappa shape index (κ1) is 21.8. The van der Waals surface area contributed by atoms with Crippen molar-refractivity contribution in [2.24, 2.45) is 0 Å². The van der Waals surface area contributed by atoms with Crippen LogP contribution in [0, 0.1) is 0 Å². The molecule has 2 amide bonds. The summed E-state index contributed by atoms with van der Waals surface area (Å²) in [6.45, 7) is 10.1. The number of likely N-dealkylation sites (N-methyl/N-ethyl adjacent to an activating group) is 1. The molecule has 2 saturated heterocycles. The molecular weight excluding hydrogens is 344 g/mol. The van der Waals surface area contributed by atoms with Crippen LogP contribution in [-0.2, 0) is 19.2 Å². The Balaban J connectivity index is 0.000000487. The maximum absolute atomic E-state index is 12.3. The van der Waals surface area contributed by atoms with Crippen LogP contribution in [0.4, 0.5) is 0 Å². The van der Waals surface area contributed by atoms with Gasteiger partial charge in [0.05, 0.1) is 13.1 Å². The van der Waals surface area contributed by atoms with Gasteiger partial charge in [0.15, 0.2) is 0 Å². The standard InChI is InChI=1S/C14H26N4O2.C2H2O4/c1-3-15(4-2)9-10-16-11-13(19)17-7-5-6-8-18(17)14(20)12-16;3-1(4)2(5)6/h3-12H2,1-2H3;(H,3,4)(H,5,6). The second-order valence-corrected chi connectivity index (χ2v) is 6.09. The average Bonchev–Trinajstić information content (AvgIpc) is 2.73. The fourth-order valence-electron chi connectivity index (χ4n) is 2.87. The van der Waals surface area contributed by atoms with Crippen molar-refractivity contribution < 1.29 is 29.4 Å². The van der Waals surface area contributed by atoms with Gasteiger partial charge in [0.1, 0.15) is 0 Å². The number of amides is 2. The molecule has 26 heavy (non-hydrogen) atoms. The van der Waals surface area contributed by atoms with E-state index in [0.29, 0.717) is 26.2 Å². The number of rotatable bonds is 5. The number of carboxylic acid groups (broad SMARTS) is 2. The fraction of sp³-hybridized carbons (Fsp3) is 0.750. The molecule has 2 fully saturated rings. The van der Waals surface area contributed by atoms with E-state index in [-0.39, 0.29) is 11.8 Å². The molecule has 0 spiro atoms. The number of hydrazine groups is 1. The van der Waals surface area contributed by atoms with Crippen LogP contribution in [0.2, 0.25) is 0 Å². The lowest BCUT2D eigenvalue weighted by atomic mass is 10.2. The maximum Gasteiger partial charge on any atom is 0.414 e. The minimum absolute atomic E-state index is 0.0649. The molecule has 10 heteroatoms. The molecule has 2 aliphatic heterocycles. The smallest absolute Gasteiger partial charge is 0.414 e. The van der Waals surface area contributed by atoms with Gasteiger partial charge in [-0.2, -0.15) is 0 Å². The van der Waals surface area contributed by atoms with Crippen LogP contribution < -0.4 is 0 Å². The van der Waals surface area contributed by atoms with Gasteiger partial charge < -0.3 is 15.1 Å². The summed E-state index contributed by atoms with van der Waals surface area (Å²) in [4.78, 5) is 47.0. The Morgan fingerprint density at radius 3 is 1.69 bits per heavy atom. The zero-order valence-electron chi connectivity index (χ0n) is 15.4. The van der Waals surface area contributed by atoms with Gasteiger partial charge in [-0.05, 0) is 25.9 Å². The molecule has 148 valence electrons. The Bertz CT molecular complexity index is 485. The summed E-state index contributed by atoms with van der Waals surface area (Å²) in [7, 11) is 0. The highest BCUT2D eigenvalue weighted by Crippen LogP contribution is 2.15. The largest absolute Gasteiger partial charge is 0.473 e. The van der Waals surface area contributed by atoms with E-state index < -0.39 is 11.9 Å². The molecule has 0 saturated carbocycles. The number of fused-ring (bicyclic) bond motifs is 1. The van der Waals surface area contributed by atoms with Crippen molar-refractivity contribution in [3.05, 3.63) is 0 Å². The van der Waals surface area contributed by atoms with E-state index in [1.165, 1.54) is 0 Å². The second-order valence-electron chi connectivity index (χ2n) is 6.09. The summed E-state index contributed by atoms with van der Waals surface area (Å²) in [5.41, 5.74) is 0. The zero-order valence-corrected chi connectivity index (χ0v) is 15.4. The van der Waals surface area contributed by atoms with Gasteiger partial charge in [0.25, 0.3) is 11.8 Å². The van der Waals surface area contributed by atoms with Crippen LogP contribution in [0.25, 0.3) is 0 Å². The van der Waals surface area contributed by atoms with Crippen LogP contribution in [-0.4, -0.2) is 106 Å². The summed E-state index contributed by atoms with van der Waals surface area (Å²) in [6, 6.07) is 0. The van der Waals surface area contributed by atoms with Crippen molar-refractivity contribution in [2.45, 2.75) is 26.7 Å². The number of carbonyl (C=O) groups excluding carboxylic acids is 2. The van der Waals surface area contributed by atoms with E-state index in [1.807, 2.05) is 4.90 Å². The predicted octanol–water partition coefficient (Wildman–Crippen LogP) is -0.835. The zero-order chi connectivity index (χ0) is 19.7. The summed E-state index contributed by atoms with van der Waals surface area (Å²) < 4.78 is 0. The average molecular weight is 372 g/mol. The third kappa shape index (κ3) is 6.60. The van der Waals surface area contributed by atoms with Crippen LogP contribution in [0.3, 0.4) is 0 Å². The molecule has 0 bridgehead atoms. The highest BCUT2D eigenvalue weighted by Gasteiger charge is 2.33. The molecule has 2 N–H and O–H groups in total. The summed E-state index contributed by atoms with van der Waals surface area (Å²) in [6.07, 6.45) is 1.99. The Morgan fingerprint density at radius 1 is 0.923 bits per heavy atom. The van der Waals surface area contributed by atoms with Gasteiger partial charge in [-0.25, -0.2) is 9.59 Å². The van der Waals surface area contributed by atoms with Crippen molar-refractivity contribution in [3.63, 3.8) is 0 Å². The van der Waals surface area contributed by atoms with E-state index >= 15 is 0 Å². The van der Waals surface area contributed by atoms with E-state index in [1.54, 1.807) is 10.0 Å². The van der Waals surface area contributed by atoms with E-state index in [4.69, 9.17) is 19.8 Å². The summed E-state index contributed by atoms with van der Waals surface area (Å²) in [5, 5.41) is 18.1. The lowest BCUT2D eigenvalue weighted by molar-refractivity contribution is -0.163. The number of hydrogen-bond acceptors (Lipinski definition) is 6. The first-order chi connectivity index (χ1) is 12.3. The lowest BCUT2D eigenvalue weighted by Gasteiger charge is -2.36. The van der Waals surface area contributed by atoms with E-state index in [0.717, 1.165) is 39.0 Å². The quantitative estimate of drug-likeness (QED) is 0.600. The molecule has 0 aromatic heterocycles. The van der Waals surface area contributed by atoms with Crippen molar-refractivity contribution in [2.75, 3.05) is 52.4 Å². The molecule has 0 radical (unpaired) electrons. The Labute approximate surface area is 152 Å². The number of aliphatic carboxylic acids is 2. The first-order valence-corrected chi connectivity index (χ1v) is 8.81. The van der Waals surface area contributed by atoms with Crippen molar-refractivity contribution in [3.8, 4) is 0 Å². The molecule has 0 aromatic carbocycles. The topological polar surface area (TPSA) is 122 Å². The predicted molar refractivity (Wildman–Crippen MR) is 92.2 cm³/mol. The van der Waals surface area contributed by atoms with Crippen molar-refractivity contribution in [1.82, 2.24) is 19.8 Å². The Morgan fingerprint density at radius 2 is 1.35 bits per heavy atom. The monoisotopic (exact) mass is 372 g/mol. The highest BCUT2D eigenvalue weighted by molar-refractivity contribution is 6.27. The fourth-order valence-corrected chi connectivity index (χ4v) is 2.87. The van der Waals surface area contributed by atoms with Gasteiger partial charge in [-0.15, -0.1) is 0 Å². The van der Waals surface area contributed by atoms with Crippen molar-refractivity contribution in [1.29, 1.82) is 0 Å².